The van der Waals surface area contributed by atoms with Crippen LogP contribution in [-0.2, 0) is 0 Å². The van der Waals surface area contributed by atoms with Gasteiger partial charge in [-0.05, 0) is 53.4 Å². The molecule has 3 rings (SSSR count). The second kappa shape index (κ2) is 5.04. The van der Waals surface area contributed by atoms with Gasteiger partial charge in [0, 0.05) is 18.0 Å². The van der Waals surface area contributed by atoms with Crippen molar-refractivity contribution in [3.8, 4) is 0 Å². The first-order chi connectivity index (χ1) is 9.02. The number of nitrogens with one attached hydrogen (secondary N) is 1. The van der Waals surface area contributed by atoms with Crippen LogP contribution in [0.15, 0.2) is 10.7 Å². The number of aromatic nitrogens is 2. The molecule has 2 aliphatic carbocycles. The molecule has 1 unspecified atom stereocenters. The third kappa shape index (κ3) is 3.47. The monoisotopic (exact) mass is 323 g/mol. The summed E-state index contributed by atoms with van der Waals surface area (Å²) in [4.78, 5) is 9.17. The van der Waals surface area contributed by atoms with Crippen LogP contribution in [0, 0.1) is 5.41 Å². The summed E-state index contributed by atoms with van der Waals surface area (Å²) in [6.45, 7) is 4.73. The fourth-order valence-electron chi connectivity index (χ4n) is 3.06. The molecule has 2 saturated carbocycles. The van der Waals surface area contributed by atoms with E-state index in [1.807, 2.05) is 6.07 Å². The molecule has 0 amide bonds. The van der Waals surface area contributed by atoms with Gasteiger partial charge in [-0.1, -0.05) is 20.3 Å². The van der Waals surface area contributed by atoms with Crippen molar-refractivity contribution in [3.05, 3.63) is 16.5 Å². The van der Waals surface area contributed by atoms with Crippen molar-refractivity contribution in [1.29, 1.82) is 0 Å². The molecule has 0 saturated heterocycles. The third-order valence-electron chi connectivity index (χ3n) is 4.21. The lowest BCUT2D eigenvalue weighted by Gasteiger charge is -2.35. The van der Waals surface area contributed by atoms with Crippen molar-refractivity contribution in [2.75, 3.05) is 5.32 Å². The first-order valence-corrected chi connectivity index (χ1v) is 8.12. The van der Waals surface area contributed by atoms with E-state index in [1.165, 1.54) is 38.5 Å². The van der Waals surface area contributed by atoms with Crippen LogP contribution in [0.4, 0.5) is 5.82 Å². The van der Waals surface area contributed by atoms with Gasteiger partial charge in [-0.15, -0.1) is 0 Å². The predicted molar refractivity (Wildman–Crippen MR) is 81.4 cm³/mol. The maximum absolute atomic E-state index is 4.69. The summed E-state index contributed by atoms with van der Waals surface area (Å²) in [5.41, 5.74) is 0.458. The molecule has 0 bridgehead atoms. The van der Waals surface area contributed by atoms with Crippen LogP contribution < -0.4 is 5.32 Å². The van der Waals surface area contributed by atoms with Crippen molar-refractivity contribution in [2.24, 2.45) is 5.41 Å². The molecular formula is C15H22BrN3. The molecule has 0 aromatic carbocycles. The van der Waals surface area contributed by atoms with E-state index >= 15 is 0 Å². The molecule has 1 heterocycles. The molecule has 19 heavy (non-hydrogen) atoms. The van der Waals surface area contributed by atoms with Gasteiger partial charge >= 0.3 is 0 Å². The van der Waals surface area contributed by atoms with Gasteiger partial charge in [-0.2, -0.15) is 0 Å². The van der Waals surface area contributed by atoms with Gasteiger partial charge in [-0.3, -0.25) is 0 Å². The lowest BCUT2D eigenvalue weighted by atomic mass is 9.75. The molecule has 1 aromatic heterocycles. The fourth-order valence-corrected chi connectivity index (χ4v) is 3.46. The minimum absolute atomic E-state index is 0.458. The Labute approximate surface area is 123 Å². The molecule has 1 aromatic rings. The first kappa shape index (κ1) is 13.3. The highest BCUT2D eigenvalue weighted by Gasteiger charge is 2.29. The molecule has 4 heteroatoms. The molecule has 104 valence electrons. The van der Waals surface area contributed by atoms with Crippen LogP contribution in [0.25, 0.3) is 0 Å². The number of hydrogen-bond acceptors (Lipinski definition) is 3. The second-order valence-electron chi connectivity index (χ2n) is 6.81. The van der Waals surface area contributed by atoms with Crippen LogP contribution in [0.2, 0.25) is 0 Å². The summed E-state index contributed by atoms with van der Waals surface area (Å²) >= 11 is 3.51. The van der Waals surface area contributed by atoms with E-state index in [9.17, 15) is 0 Å². The quantitative estimate of drug-likeness (QED) is 0.832. The largest absolute Gasteiger partial charge is 0.367 e. The smallest absolute Gasteiger partial charge is 0.135 e. The number of nitrogens with zero attached hydrogens (tertiary/aromatic N) is 2. The van der Waals surface area contributed by atoms with Crippen LogP contribution in [0.5, 0.6) is 0 Å². The molecule has 2 aliphatic rings. The Bertz CT molecular complexity index is 468. The average Bonchev–Trinajstić information content (AvgIpc) is 3.10. The lowest BCUT2D eigenvalue weighted by Crippen LogP contribution is -2.32. The zero-order chi connectivity index (χ0) is 13.5. The van der Waals surface area contributed by atoms with E-state index in [2.05, 4.69) is 45.1 Å². The van der Waals surface area contributed by atoms with Crippen molar-refractivity contribution in [1.82, 2.24) is 9.97 Å². The Morgan fingerprint density at radius 2 is 2.05 bits per heavy atom. The van der Waals surface area contributed by atoms with Crippen molar-refractivity contribution < 1.29 is 0 Å². The summed E-state index contributed by atoms with van der Waals surface area (Å²) < 4.78 is 0.905. The SMILES string of the molecule is CC1(C)CCCC(Nc2cc(Br)nc(C3CC3)n2)C1. The van der Waals surface area contributed by atoms with Crippen LogP contribution in [0.1, 0.15) is 64.1 Å². The van der Waals surface area contributed by atoms with Gasteiger partial charge in [0.1, 0.15) is 16.2 Å². The highest BCUT2D eigenvalue weighted by molar-refractivity contribution is 9.10. The number of rotatable bonds is 3. The summed E-state index contributed by atoms with van der Waals surface area (Å²) in [6.07, 6.45) is 7.62. The third-order valence-corrected chi connectivity index (χ3v) is 4.62. The number of anilines is 1. The van der Waals surface area contributed by atoms with Crippen LogP contribution >= 0.6 is 15.9 Å². The molecule has 3 nitrogen and oxygen atoms in total. The van der Waals surface area contributed by atoms with E-state index in [1.54, 1.807) is 0 Å². The summed E-state index contributed by atoms with van der Waals surface area (Å²) in [7, 11) is 0. The number of halogens is 1. The lowest BCUT2D eigenvalue weighted by molar-refractivity contribution is 0.229. The van der Waals surface area contributed by atoms with Gasteiger partial charge < -0.3 is 5.32 Å². The highest BCUT2D eigenvalue weighted by atomic mass is 79.9. The Kier molecular flexibility index (Phi) is 3.54. The van der Waals surface area contributed by atoms with E-state index < -0.39 is 0 Å². The van der Waals surface area contributed by atoms with Gasteiger partial charge in [0.25, 0.3) is 0 Å². The van der Waals surface area contributed by atoms with Crippen molar-refractivity contribution in [3.63, 3.8) is 0 Å². The minimum atomic E-state index is 0.458. The second-order valence-corrected chi connectivity index (χ2v) is 7.62. The fraction of sp³-hybridized carbons (Fsp3) is 0.733. The van der Waals surface area contributed by atoms with Crippen LogP contribution in [0.3, 0.4) is 0 Å². The highest BCUT2D eigenvalue weighted by Crippen LogP contribution is 2.39. The maximum Gasteiger partial charge on any atom is 0.135 e. The molecule has 0 aliphatic heterocycles. The average molecular weight is 324 g/mol. The molecule has 2 fully saturated rings. The molecule has 1 N–H and O–H groups in total. The topological polar surface area (TPSA) is 37.8 Å². The summed E-state index contributed by atoms with van der Waals surface area (Å²) in [5, 5.41) is 3.62. The van der Waals surface area contributed by atoms with Crippen LogP contribution in [-0.4, -0.2) is 16.0 Å². The van der Waals surface area contributed by atoms with Gasteiger partial charge in [-0.25, -0.2) is 9.97 Å². The Hall–Kier alpha value is -0.640. The van der Waals surface area contributed by atoms with Gasteiger partial charge in [0.2, 0.25) is 0 Å². The Morgan fingerprint density at radius 1 is 1.26 bits per heavy atom. The molecule has 0 spiro atoms. The minimum Gasteiger partial charge on any atom is -0.367 e. The first-order valence-electron chi connectivity index (χ1n) is 7.33. The van der Waals surface area contributed by atoms with E-state index in [4.69, 9.17) is 0 Å². The summed E-state index contributed by atoms with van der Waals surface area (Å²) in [5.74, 6) is 2.60. The Morgan fingerprint density at radius 3 is 2.74 bits per heavy atom. The van der Waals surface area contributed by atoms with E-state index in [0.717, 1.165) is 16.2 Å². The van der Waals surface area contributed by atoms with Crippen molar-refractivity contribution >= 4 is 21.7 Å². The number of hydrogen-bond donors (Lipinski definition) is 1. The molecule has 0 radical (unpaired) electrons. The van der Waals surface area contributed by atoms with Gasteiger partial charge in [0.05, 0.1) is 0 Å². The van der Waals surface area contributed by atoms with E-state index in [-0.39, 0.29) is 0 Å². The Balaban J connectivity index is 1.72. The standard InChI is InChI=1S/C15H22BrN3/c1-15(2)7-3-4-11(9-15)17-13-8-12(16)18-14(19-13)10-5-6-10/h8,10-11H,3-7,9H2,1-2H3,(H,17,18,19). The predicted octanol–water partition coefficient (Wildman–Crippen LogP) is 4.50. The normalized spacial score (nSPS) is 26.2. The molecular weight excluding hydrogens is 302 g/mol. The van der Waals surface area contributed by atoms with E-state index in [0.29, 0.717) is 17.4 Å². The maximum atomic E-state index is 4.69. The summed E-state index contributed by atoms with van der Waals surface area (Å²) in [6, 6.07) is 2.56. The zero-order valence-electron chi connectivity index (χ0n) is 11.7. The zero-order valence-corrected chi connectivity index (χ0v) is 13.3. The van der Waals surface area contributed by atoms with Crippen molar-refractivity contribution in [2.45, 2.75) is 64.3 Å². The van der Waals surface area contributed by atoms with Gasteiger partial charge in [0.15, 0.2) is 0 Å². The molecule has 1 atom stereocenters.